The third-order valence-electron chi connectivity index (χ3n) is 7.48. The topological polar surface area (TPSA) is 122 Å². The van der Waals surface area contributed by atoms with Crippen LogP contribution in [0, 0.1) is 0 Å². The second-order valence-electron chi connectivity index (χ2n) is 10.4. The van der Waals surface area contributed by atoms with Crippen LogP contribution in [0.1, 0.15) is 0 Å². The molecule has 42 heavy (non-hydrogen) atoms. The fourth-order valence-electron chi connectivity index (χ4n) is 5.18. The molecule has 2 aliphatic rings. The highest BCUT2D eigenvalue weighted by molar-refractivity contribution is 5.94. The third-order valence-corrected chi connectivity index (χ3v) is 7.48. The van der Waals surface area contributed by atoms with Crippen LogP contribution < -0.4 is 15.4 Å². The van der Waals surface area contributed by atoms with Crippen LogP contribution in [0.4, 0.5) is 17.2 Å². The highest BCUT2D eigenvalue weighted by Crippen LogP contribution is 2.32. The first-order valence-corrected chi connectivity index (χ1v) is 14.2. The fraction of sp³-hybridized carbons (Fsp3) is 0.323. The Bertz CT molecular complexity index is 1690. The molecular weight excluding hydrogens is 534 g/mol. The Kier molecular flexibility index (Phi) is 7.54. The van der Waals surface area contributed by atoms with Crippen LogP contribution >= 0.6 is 0 Å². The highest BCUT2D eigenvalue weighted by atomic mass is 16.6. The Hall–Kier alpha value is -4.29. The summed E-state index contributed by atoms with van der Waals surface area (Å²) in [4.78, 5) is 12.3. The van der Waals surface area contributed by atoms with Crippen molar-refractivity contribution in [3.63, 3.8) is 0 Å². The van der Waals surface area contributed by atoms with E-state index in [0.717, 1.165) is 77.3 Å². The second kappa shape index (κ2) is 11.9. The summed E-state index contributed by atoms with van der Waals surface area (Å²) in [6.07, 6.45) is 1.97. The molecule has 0 spiro atoms. The van der Waals surface area contributed by atoms with Gasteiger partial charge in [-0.2, -0.15) is 5.10 Å². The van der Waals surface area contributed by atoms with E-state index in [1.165, 1.54) is 0 Å². The molecule has 216 valence electrons. The summed E-state index contributed by atoms with van der Waals surface area (Å²) in [5.74, 6) is 2.03. The molecule has 2 saturated heterocycles. The molecule has 0 amide bonds. The number of morpholine rings is 1. The van der Waals surface area contributed by atoms with Gasteiger partial charge in [0.2, 0.25) is 0 Å². The van der Waals surface area contributed by atoms with Gasteiger partial charge in [0.15, 0.2) is 12.1 Å². The van der Waals surface area contributed by atoms with Gasteiger partial charge in [-0.1, -0.05) is 12.1 Å². The number of nitrogens with zero attached hydrogens (tertiary/aromatic N) is 4. The SMILES string of the molecule is COCCOc1ccc2nc(-c3cccc(NC4OC4CN4CCOCC4)c3)nc(Nc3ccc4[nH]ncc4c3)c2c1. The van der Waals surface area contributed by atoms with Crippen LogP contribution in [-0.2, 0) is 14.2 Å². The summed E-state index contributed by atoms with van der Waals surface area (Å²) in [7, 11) is 1.66. The molecule has 5 aromatic rings. The van der Waals surface area contributed by atoms with Crippen molar-refractivity contribution in [1.29, 1.82) is 0 Å². The average Bonchev–Trinajstić information content (AvgIpc) is 3.55. The van der Waals surface area contributed by atoms with E-state index in [9.17, 15) is 0 Å². The lowest BCUT2D eigenvalue weighted by molar-refractivity contribution is 0.0349. The largest absolute Gasteiger partial charge is 0.491 e. The van der Waals surface area contributed by atoms with Gasteiger partial charge in [0.25, 0.3) is 0 Å². The Morgan fingerprint density at radius 1 is 1.00 bits per heavy atom. The maximum atomic E-state index is 5.92. The van der Waals surface area contributed by atoms with E-state index in [1.807, 2.05) is 54.6 Å². The number of benzene rings is 3. The van der Waals surface area contributed by atoms with E-state index < -0.39 is 0 Å². The molecule has 0 radical (unpaired) electrons. The van der Waals surface area contributed by atoms with Crippen molar-refractivity contribution < 1.29 is 18.9 Å². The molecular formula is C31H33N7O4. The lowest BCUT2D eigenvalue weighted by Crippen LogP contribution is -2.39. The zero-order valence-electron chi connectivity index (χ0n) is 23.4. The molecule has 11 heteroatoms. The molecule has 2 atom stereocenters. The van der Waals surface area contributed by atoms with Crippen LogP contribution in [0.25, 0.3) is 33.2 Å². The van der Waals surface area contributed by atoms with Gasteiger partial charge in [-0.25, -0.2) is 9.97 Å². The van der Waals surface area contributed by atoms with Gasteiger partial charge >= 0.3 is 0 Å². The molecule has 3 aromatic carbocycles. The van der Waals surface area contributed by atoms with E-state index in [-0.39, 0.29) is 12.3 Å². The number of aromatic nitrogens is 4. The molecule has 4 heterocycles. The summed E-state index contributed by atoms with van der Waals surface area (Å²) in [5, 5.41) is 16.0. The Balaban J connectivity index is 1.16. The molecule has 0 saturated carbocycles. The van der Waals surface area contributed by atoms with Gasteiger partial charge in [-0.05, 0) is 48.5 Å². The molecule has 7 rings (SSSR count). The van der Waals surface area contributed by atoms with Crippen molar-refractivity contribution in [2.75, 3.05) is 63.8 Å². The molecule has 2 aromatic heterocycles. The number of anilines is 3. The number of hydrogen-bond acceptors (Lipinski definition) is 10. The number of fused-ring (bicyclic) bond motifs is 2. The number of rotatable bonds is 11. The minimum Gasteiger partial charge on any atom is -0.491 e. The van der Waals surface area contributed by atoms with E-state index in [1.54, 1.807) is 13.3 Å². The molecule has 0 aliphatic carbocycles. The number of hydrogen-bond donors (Lipinski definition) is 3. The molecule has 3 N–H and O–H groups in total. The normalized spacial score (nSPS) is 18.8. The maximum absolute atomic E-state index is 5.92. The first kappa shape index (κ1) is 26.6. The number of ether oxygens (including phenoxy) is 4. The van der Waals surface area contributed by atoms with Gasteiger partial charge in [0.05, 0.1) is 37.1 Å². The molecule has 11 nitrogen and oxygen atoms in total. The van der Waals surface area contributed by atoms with Gasteiger partial charge in [0.1, 0.15) is 24.3 Å². The predicted octanol–water partition coefficient (Wildman–Crippen LogP) is 4.41. The summed E-state index contributed by atoms with van der Waals surface area (Å²) >= 11 is 0. The molecule has 2 fully saturated rings. The zero-order valence-corrected chi connectivity index (χ0v) is 23.4. The van der Waals surface area contributed by atoms with Crippen molar-refractivity contribution >= 4 is 39.0 Å². The highest BCUT2D eigenvalue weighted by Gasteiger charge is 2.40. The van der Waals surface area contributed by atoms with Crippen molar-refractivity contribution in [1.82, 2.24) is 25.1 Å². The van der Waals surface area contributed by atoms with Crippen molar-refractivity contribution in [3.05, 3.63) is 66.9 Å². The first-order chi connectivity index (χ1) is 20.7. The van der Waals surface area contributed by atoms with Gasteiger partial charge in [-0.3, -0.25) is 10.00 Å². The minimum atomic E-state index is -0.00721. The first-order valence-electron chi connectivity index (χ1n) is 14.2. The summed E-state index contributed by atoms with van der Waals surface area (Å²) in [6, 6.07) is 20.0. The van der Waals surface area contributed by atoms with Crippen molar-refractivity contribution in [2.24, 2.45) is 0 Å². The van der Waals surface area contributed by atoms with Crippen LogP contribution in [0.15, 0.2) is 66.9 Å². The van der Waals surface area contributed by atoms with Crippen LogP contribution in [0.3, 0.4) is 0 Å². The van der Waals surface area contributed by atoms with Crippen LogP contribution in [0.5, 0.6) is 5.75 Å². The van der Waals surface area contributed by atoms with Crippen molar-refractivity contribution in [2.45, 2.75) is 12.3 Å². The maximum Gasteiger partial charge on any atom is 0.162 e. The number of methoxy groups -OCH3 is 1. The van der Waals surface area contributed by atoms with E-state index in [4.69, 9.17) is 28.9 Å². The lowest BCUT2D eigenvalue weighted by atomic mass is 10.1. The van der Waals surface area contributed by atoms with E-state index in [0.29, 0.717) is 24.9 Å². The Labute approximate surface area is 243 Å². The predicted molar refractivity (Wildman–Crippen MR) is 161 cm³/mol. The number of nitrogens with one attached hydrogen (secondary N) is 3. The van der Waals surface area contributed by atoms with Crippen LogP contribution in [0.2, 0.25) is 0 Å². The summed E-state index contributed by atoms with van der Waals surface area (Å²) in [6.45, 7) is 5.35. The van der Waals surface area contributed by atoms with E-state index >= 15 is 0 Å². The standard InChI is InChI=1S/C31H33N7O4/c1-39-13-14-41-24-6-8-27-25(17-24)30(33-23-5-7-26-21(16-23)18-32-37-26)36-29(35-27)20-3-2-4-22(15-20)34-31-28(42-31)19-38-9-11-40-12-10-38/h2-8,15-18,28,31,34H,9-14,19H2,1H3,(H,32,37)(H,33,35,36). The number of epoxide rings is 1. The monoisotopic (exact) mass is 567 g/mol. The Morgan fingerprint density at radius 3 is 2.83 bits per heavy atom. The van der Waals surface area contributed by atoms with Gasteiger partial charge in [-0.15, -0.1) is 0 Å². The van der Waals surface area contributed by atoms with Crippen molar-refractivity contribution in [3.8, 4) is 17.1 Å². The lowest BCUT2D eigenvalue weighted by Gasteiger charge is -2.25. The quantitative estimate of drug-likeness (QED) is 0.156. The number of aromatic amines is 1. The van der Waals surface area contributed by atoms with E-state index in [2.05, 4.69) is 31.8 Å². The minimum absolute atomic E-state index is 0.00721. The second-order valence-corrected chi connectivity index (χ2v) is 10.4. The zero-order chi connectivity index (χ0) is 28.3. The Morgan fingerprint density at radius 2 is 1.93 bits per heavy atom. The third kappa shape index (κ3) is 6.00. The smallest absolute Gasteiger partial charge is 0.162 e. The van der Waals surface area contributed by atoms with Gasteiger partial charge < -0.3 is 29.6 Å². The molecule has 2 unspecified atom stereocenters. The van der Waals surface area contributed by atoms with Crippen LogP contribution in [-0.4, -0.2) is 90.6 Å². The number of H-pyrrole nitrogens is 1. The average molecular weight is 568 g/mol. The summed E-state index contributed by atoms with van der Waals surface area (Å²) < 4.78 is 22.4. The summed E-state index contributed by atoms with van der Waals surface area (Å²) in [5.41, 5.74) is 4.54. The molecule has 2 aliphatic heterocycles. The van der Waals surface area contributed by atoms with Gasteiger partial charge in [0, 0.05) is 54.5 Å². The molecule has 0 bridgehead atoms. The fourth-order valence-corrected chi connectivity index (χ4v) is 5.18.